The first kappa shape index (κ1) is 18.7. The van der Waals surface area contributed by atoms with Crippen LogP contribution in [0.25, 0.3) is 5.69 Å². The molecule has 2 aliphatic rings. The lowest BCUT2D eigenvalue weighted by molar-refractivity contribution is -0.130. The maximum Gasteiger partial charge on any atom is 0.263 e. The lowest BCUT2D eigenvalue weighted by Crippen LogP contribution is -2.56. The monoisotopic (exact) mass is 404 g/mol. The third-order valence-corrected chi connectivity index (χ3v) is 5.80. The van der Waals surface area contributed by atoms with Crippen molar-refractivity contribution >= 4 is 11.6 Å². The lowest BCUT2D eigenvalue weighted by atomic mass is 9.89. The molecule has 3 atom stereocenters. The van der Waals surface area contributed by atoms with E-state index >= 15 is 0 Å². The average Bonchev–Trinajstić information content (AvgIpc) is 3.31. The predicted octanol–water partition coefficient (Wildman–Crippen LogP) is 2.28. The van der Waals surface area contributed by atoms with Crippen molar-refractivity contribution in [3.63, 3.8) is 0 Å². The number of aliphatic hydroxyl groups excluding tert-OH is 1. The number of hydrogen-bond acceptors (Lipinski definition) is 5. The van der Waals surface area contributed by atoms with E-state index in [9.17, 15) is 9.90 Å². The molecule has 3 unspecified atom stereocenters. The van der Waals surface area contributed by atoms with Gasteiger partial charge in [0.15, 0.2) is 6.10 Å². The Bertz CT molecular complexity index is 1020. The van der Waals surface area contributed by atoms with Crippen molar-refractivity contribution in [1.82, 2.24) is 15.1 Å². The summed E-state index contributed by atoms with van der Waals surface area (Å²) in [6.07, 6.45) is 4.15. The number of para-hydroxylation sites is 2. The van der Waals surface area contributed by atoms with Crippen LogP contribution in [-0.4, -0.2) is 45.6 Å². The van der Waals surface area contributed by atoms with E-state index in [4.69, 9.17) is 4.74 Å². The average molecular weight is 404 g/mol. The number of benzene rings is 2. The molecule has 7 nitrogen and oxygen atoms in total. The number of aromatic nitrogens is 2. The van der Waals surface area contributed by atoms with Crippen LogP contribution in [0.15, 0.2) is 67.0 Å². The number of nitrogens with one attached hydrogen (secondary N) is 1. The van der Waals surface area contributed by atoms with Crippen LogP contribution in [0, 0.1) is 0 Å². The molecule has 0 radical (unpaired) electrons. The molecular formula is C23H24N4O3. The molecule has 2 aromatic carbocycles. The second-order valence-electron chi connectivity index (χ2n) is 7.83. The number of aliphatic hydroxyl groups is 1. The fourth-order valence-corrected chi connectivity index (χ4v) is 3.92. The summed E-state index contributed by atoms with van der Waals surface area (Å²) in [4.78, 5) is 14.9. The number of hydrogen-bond donors (Lipinski definition) is 2. The Morgan fingerprint density at radius 2 is 1.97 bits per heavy atom. The molecular weight excluding hydrogens is 380 g/mol. The zero-order chi connectivity index (χ0) is 20.5. The summed E-state index contributed by atoms with van der Waals surface area (Å²) in [6, 6.07) is 17.7. The summed E-state index contributed by atoms with van der Waals surface area (Å²) in [5, 5.41) is 17.0. The van der Waals surface area contributed by atoms with Crippen LogP contribution in [-0.2, 0) is 11.3 Å². The van der Waals surface area contributed by atoms with E-state index < -0.39 is 12.2 Å². The maximum absolute atomic E-state index is 12.7. The van der Waals surface area contributed by atoms with Crippen molar-refractivity contribution in [1.29, 1.82) is 0 Å². The molecule has 0 bridgehead atoms. The van der Waals surface area contributed by atoms with Crippen molar-refractivity contribution in [3.05, 3.63) is 72.6 Å². The highest BCUT2D eigenvalue weighted by Crippen LogP contribution is 2.34. The topological polar surface area (TPSA) is 79.6 Å². The van der Waals surface area contributed by atoms with Gasteiger partial charge in [-0.3, -0.25) is 4.79 Å². The fraction of sp³-hybridized carbons (Fsp3) is 0.304. The summed E-state index contributed by atoms with van der Waals surface area (Å²) in [7, 11) is 0. The number of anilines is 1. The van der Waals surface area contributed by atoms with Gasteiger partial charge in [-0.25, -0.2) is 4.68 Å². The SMILES string of the molecule is O=C(NC1CCC1O)C1CN(Cc2ccc(-n3cccn3)cc2)c2ccccc2O1. The van der Waals surface area contributed by atoms with Crippen LogP contribution >= 0.6 is 0 Å². The molecule has 1 amide bonds. The Hall–Kier alpha value is -3.32. The Labute approximate surface area is 174 Å². The number of nitrogens with zero attached hydrogens (tertiary/aromatic N) is 3. The number of fused-ring (bicyclic) bond motifs is 1. The van der Waals surface area contributed by atoms with Crippen LogP contribution in [0.2, 0.25) is 0 Å². The minimum Gasteiger partial charge on any atom is -0.477 e. The Morgan fingerprint density at radius 3 is 2.67 bits per heavy atom. The van der Waals surface area contributed by atoms with E-state index in [2.05, 4.69) is 27.4 Å². The Morgan fingerprint density at radius 1 is 1.13 bits per heavy atom. The van der Waals surface area contributed by atoms with Crippen LogP contribution in [0.1, 0.15) is 18.4 Å². The van der Waals surface area contributed by atoms with Gasteiger partial charge >= 0.3 is 0 Å². The highest BCUT2D eigenvalue weighted by Gasteiger charge is 2.35. The Kier molecular flexibility index (Phi) is 4.88. The van der Waals surface area contributed by atoms with Crippen molar-refractivity contribution < 1.29 is 14.6 Å². The maximum atomic E-state index is 12.7. The molecule has 7 heteroatoms. The molecule has 1 aliphatic heterocycles. The van der Waals surface area contributed by atoms with E-state index in [0.29, 0.717) is 18.8 Å². The molecule has 154 valence electrons. The summed E-state index contributed by atoms with van der Waals surface area (Å²) in [5.74, 6) is 0.526. The van der Waals surface area contributed by atoms with Crippen LogP contribution in [0.5, 0.6) is 5.75 Å². The summed E-state index contributed by atoms with van der Waals surface area (Å²) >= 11 is 0. The summed E-state index contributed by atoms with van der Waals surface area (Å²) in [6.45, 7) is 1.11. The standard InChI is InChI=1S/C23H24N4O3/c28-20-11-10-18(20)25-23(29)22-15-26(19-4-1-2-5-21(19)30-22)14-16-6-8-17(9-7-16)27-13-3-12-24-27/h1-9,12-13,18,20,22,28H,10-11,14-15H2,(H,25,29). The van der Waals surface area contributed by atoms with Gasteiger partial charge in [0.2, 0.25) is 0 Å². The molecule has 1 aliphatic carbocycles. The van der Waals surface area contributed by atoms with Crippen molar-refractivity contribution in [2.75, 3.05) is 11.4 Å². The predicted molar refractivity (Wildman–Crippen MR) is 113 cm³/mol. The van der Waals surface area contributed by atoms with E-state index in [1.165, 1.54) is 0 Å². The van der Waals surface area contributed by atoms with Gasteiger partial charge in [0.05, 0.1) is 30.1 Å². The first-order valence-corrected chi connectivity index (χ1v) is 10.3. The van der Waals surface area contributed by atoms with E-state index in [1.807, 2.05) is 53.3 Å². The molecule has 2 N–H and O–H groups in total. The smallest absolute Gasteiger partial charge is 0.263 e. The molecule has 3 aromatic rings. The molecule has 2 heterocycles. The molecule has 0 saturated heterocycles. The second-order valence-corrected chi connectivity index (χ2v) is 7.83. The quantitative estimate of drug-likeness (QED) is 0.682. The third kappa shape index (κ3) is 3.64. The van der Waals surface area contributed by atoms with Gasteiger partial charge in [-0.05, 0) is 48.7 Å². The number of carbonyl (C=O) groups is 1. The van der Waals surface area contributed by atoms with Gasteiger partial charge in [-0.2, -0.15) is 5.10 Å². The second kappa shape index (κ2) is 7.84. The molecule has 1 saturated carbocycles. The van der Waals surface area contributed by atoms with Gasteiger partial charge in [0.1, 0.15) is 5.75 Å². The van der Waals surface area contributed by atoms with Gasteiger partial charge < -0.3 is 20.1 Å². The zero-order valence-corrected chi connectivity index (χ0v) is 16.5. The van der Waals surface area contributed by atoms with E-state index in [1.54, 1.807) is 6.20 Å². The largest absolute Gasteiger partial charge is 0.477 e. The van der Waals surface area contributed by atoms with Gasteiger partial charge in [0.25, 0.3) is 5.91 Å². The van der Waals surface area contributed by atoms with Gasteiger partial charge in [-0.1, -0.05) is 24.3 Å². The fourth-order valence-electron chi connectivity index (χ4n) is 3.92. The van der Waals surface area contributed by atoms with Gasteiger partial charge in [-0.15, -0.1) is 0 Å². The molecule has 0 spiro atoms. The lowest BCUT2D eigenvalue weighted by Gasteiger charge is -2.38. The molecule has 30 heavy (non-hydrogen) atoms. The van der Waals surface area contributed by atoms with E-state index in [0.717, 1.165) is 29.8 Å². The summed E-state index contributed by atoms with van der Waals surface area (Å²) in [5.41, 5.74) is 3.11. The highest BCUT2D eigenvalue weighted by atomic mass is 16.5. The highest BCUT2D eigenvalue weighted by molar-refractivity contribution is 5.83. The Balaban J connectivity index is 1.33. The number of rotatable bonds is 5. The van der Waals surface area contributed by atoms with Crippen molar-refractivity contribution in [2.45, 2.75) is 37.6 Å². The normalized spacial score (nSPS) is 22.6. The van der Waals surface area contributed by atoms with E-state index in [-0.39, 0.29) is 11.9 Å². The number of ether oxygens (including phenoxy) is 1. The van der Waals surface area contributed by atoms with Crippen molar-refractivity contribution in [3.8, 4) is 11.4 Å². The first-order chi connectivity index (χ1) is 14.7. The minimum atomic E-state index is -0.615. The van der Waals surface area contributed by atoms with Crippen LogP contribution in [0.3, 0.4) is 0 Å². The van der Waals surface area contributed by atoms with Crippen molar-refractivity contribution in [2.24, 2.45) is 0 Å². The molecule has 1 aromatic heterocycles. The number of carbonyl (C=O) groups excluding carboxylic acids is 1. The zero-order valence-electron chi connectivity index (χ0n) is 16.5. The molecule has 1 fully saturated rings. The van der Waals surface area contributed by atoms with Gasteiger partial charge in [0, 0.05) is 18.9 Å². The number of amides is 1. The van der Waals surface area contributed by atoms with Crippen LogP contribution < -0.4 is 15.0 Å². The molecule has 5 rings (SSSR count). The van der Waals surface area contributed by atoms with Crippen LogP contribution in [0.4, 0.5) is 5.69 Å². The third-order valence-electron chi connectivity index (χ3n) is 5.80. The summed E-state index contributed by atoms with van der Waals surface area (Å²) < 4.78 is 7.81. The first-order valence-electron chi connectivity index (χ1n) is 10.3. The minimum absolute atomic E-state index is 0.165.